The number of carbonyl (C=O) groups is 1. The Balaban J connectivity index is 2.22. The minimum Gasteiger partial charge on any atom is -0.462 e. The molecule has 2 N–H and O–H groups in total. The van der Waals surface area contributed by atoms with Crippen LogP contribution in [0.25, 0.3) is 0 Å². The number of ether oxygens (including phenoxy) is 2. The Hall–Kier alpha value is -0.610. The number of carbonyl (C=O) groups excluding carboxylic acids is 1. The molecule has 0 aliphatic heterocycles. The molecule has 1 aliphatic rings. The molecule has 1 saturated carbocycles. The van der Waals surface area contributed by atoms with E-state index in [9.17, 15) is 4.79 Å². The Kier molecular flexibility index (Phi) is 6.65. The molecule has 2 atom stereocenters. The molecule has 0 amide bonds. The van der Waals surface area contributed by atoms with E-state index in [1.54, 1.807) is 0 Å². The second kappa shape index (κ2) is 7.74. The number of unbranched alkanes of at least 4 members (excludes halogenated alkanes) is 1. The van der Waals surface area contributed by atoms with Crippen molar-refractivity contribution in [1.82, 2.24) is 0 Å². The van der Waals surface area contributed by atoms with Crippen molar-refractivity contribution < 1.29 is 14.3 Å². The van der Waals surface area contributed by atoms with E-state index < -0.39 is 5.54 Å². The standard InChI is InChI=1S/C14H27NO3/c1-3-4-9-17-10-11-18-13(16)14(15)8-6-5-7-12(14)2/h12H,3-11,15H2,1-2H3. The predicted octanol–water partition coefficient (Wildman–Crippen LogP) is 2.25. The van der Waals surface area contributed by atoms with Gasteiger partial charge in [-0.05, 0) is 25.2 Å². The third-order valence-electron chi connectivity index (χ3n) is 3.84. The number of rotatable bonds is 7. The van der Waals surface area contributed by atoms with Crippen LogP contribution in [-0.2, 0) is 14.3 Å². The lowest BCUT2D eigenvalue weighted by Crippen LogP contribution is -2.55. The zero-order valence-electron chi connectivity index (χ0n) is 11.7. The highest BCUT2D eigenvalue weighted by Crippen LogP contribution is 2.32. The van der Waals surface area contributed by atoms with E-state index in [0.717, 1.165) is 45.1 Å². The molecule has 0 bridgehead atoms. The van der Waals surface area contributed by atoms with Gasteiger partial charge >= 0.3 is 5.97 Å². The maximum absolute atomic E-state index is 12.0. The van der Waals surface area contributed by atoms with Crippen LogP contribution in [0.3, 0.4) is 0 Å². The van der Waals surface area contributed by atoms with Crippen LogP contribution in [0.15, 0.2) is 0 Å². The van der Waals surface area contributed by atoms with Gasteiger partial charge < -0.3 is 15.2 Å². The normalized spacial score (nSPS) is 28.1. The molecule has 2 unspecified atom stereocenters. The van der Waals surface area contributed by atoms with Crippen molar-refractivity contribution in [2.45, 2.75) is 57.9 Å². The number of hydrogen-bond donors (Lipinski definition) is 1. The fourth-order valence-corrected chi connectivity index (χ4v) is 2.35. The minimum absolute atomic E-state index is 0.208. The smallest absolute Gasteiger partial charge is 0.326 e. The summed E-state index contributed by atoms with van der Waals surface area (Å²) >= 11 is 0. The van der Waals surface area contributed by atoms with Gasteiger partial charge in [0.25, 0.3) is 0 Å². The summed E-state index contributed by atoms with van der Waals surface area (Å²) in [7, 11) is 0. The molecule has 0 heterocycles. The van der Waals surface area contributed by atoms with Gasteiger partial charge in [0.2, 0.25) is 0 Å². The molecule has 4 heteroatoms. The lowest BCUT2D eigenvalue weighted by molar-refractivity contribution is -0.155. The van der Waals surface area contributed by atoms with Gasteiger partial charge in [-0.15, -0.1) is 0 Å². The summed E-state index contributed by atoms with van der Waals surface area (Å²) in [5.41, 5.74) is 5.42. The van der Waals surface area contributed by atoms with Crippen molar-refractivity contribution in [2.24, 2.45) is 11.7 Å². The largest absolute Gasteiger partial charge is 0.462 e. The third kappa shape index (κ3) is 4.25. The van der Waals surface area contributed by atoms with Crippen molar-refractivity contribution in [3.8, 4) is 0 Å². The summed E-state index contributed by atoms with van der Waals surface area (Å²) in [6.45, 7) is 5.67. The average molecular weight is 257 g/mol. The van der Waals surface area contributed by atoms with Gasteiger partial charge in [0.1, 0.15) is 12.1 Å². The fraction of sp³-hybridized carbons (Fsp3) is 0.929. The van der Waals surface area contributed by atoms with Crippen LogP contribution in [0.1, 0.15) is 52.4 Å². The quantitative estimate of drug-likeness (QED) is 0.561. The van der Waals surface area contributed by atoms with Crippen molar-refractivity contribution in [3.63, 3.8) is 0 Å². The highest BCUT2D eigenvalue weighted by Gasteiger charge is 2.42. The molecule has 0 saturated heterocycles. The summed E-state index contributed by atoms with van der Waals surface area (Å²) in [6, 6.07) is 0. The third-order valence-corrected chi connectivity index (χ3v) is 3.84. The monoisotopic (exact) mass is 257 g/mol. The minimum atomic E-state index is -0.776. The molecular weight excluding hydrogens is 230 g/mol. The van der Waals surface area contributed by atoms with Crippen LogP contribution >= 0.6 is 0 Å². The lowest BCUT2D eigenvalue weighted by Gasteiger charge is -2.36. The molecule has 1 fully saturated rings. The highest BCUT2D eigenvalue weighted by atomic mass is 16.6. The van der Waals surface area contributed by atoms with Crippen LogP contribution in [0, 0.1) is 5.92 Å². The van der Waals surface area contributed by atoms with E-state index in [0.29, 0.717) is 13.2 Å². The van der Waals surface area contributed by atoms with E-state index in [1.807, 2.05) is 6.92 Å². The van der Waals surface area contributed by atoms with Crippen LogP contribution in [0.5, 0.6) is 0 Å². The molecule has 106 valence electrons. The van der Waals surface area contributed by atoms with Gasteiger partial charge in [-0.25, -0.2) is 0 Å². The van der Waals surface area contributed by atoms with Gasteiger partial charge in [0, 0.05) is 6.61 Å². The summed E-state index contributed by atoms with van der Waals surface area (Å²) in [5, 5.41) is 0. The summed E-state index contributed by atoms with van der Waals surface area (Å²) in [6.07, 6.45) is 6.09. The van der Waals surface area contributed by atoms with E-state index in [-0.39, 0.29) is 11.9 Å². The molecule has 18 heavy (non-hydrogen) atoms. The Bertz CT molecular complexity index is 257. The molecule has 0 aromatic heterocycles. The van der Waals surface area contributed by atoms with Crippen LogP contribution in [-0.4, -0.2) is 31.3 Å². The van der Waals surface area contributed by atoms with Crippen molar-refractivity contribution >= 4 is 5.97 Å². The van der Waals surface area contributed by atoms with Gasteiger partial charge in [0.05, 0.1) is 6.61 Å². The summed E-state index contributed by atoms with van der Waals surface area (Å²) in [4.78, 5) is 12.0. The van der Waals surface area contributed by atoms with Gasteiger partial charge in [-0.1, -0.05) is 33.1 Å². The molecule has 0 aromatic rings. The summed E-state index contributed by atoms with van der Waals surface area (Å²) < 4.78 is 10.6. The summed E-state index contributed by atoms with van der Waals surface area (Å²) in [5.74, 6) is -0.0476. The molecule has 1 aliphatic carbocycles. The lowest BCUT2D eigenvalue weighted by atomic mass is 9.74. The molecule has 0 radical (unpaired) electrons. The fourth-order valence-electron chi connectivity index (χ4n) is 2.35. The van der Waals surface area contributed by atoms with E-state index in [4.69, 9.17) is 15.2 Å². The molecule has 1 rings (SSSR count). The van der Waals surface area contributed by atoms with Gasteiger partial charge in [-0.2, -0.15) is 0 Å². The first-order valence-corrected chi connectivity index (χ1v) is 7.15. The zero-order chi connectivity index (χ0) is 13.4. The Morgan fingerprint density at radius 2 is 2.11 bits per heavy atom. The van der Waals surface area contributed by atoms with Crippen LogP contribution < -0.4 is 5.73 Å². The molecule has 0 spiro atoms. The topological polar surface area (TPSA) is 61.5 Å². The van der Waals surface area contributed by atoms with Crippen molar-refractivity contribution in [1.29, 1.82) is 0 Å². The second-order valence-corrected chi connectivity index (χ2v) is 5.29. The van der Waals surface area contributed by atoms with Crippen molar-refractivity contribution in [2.75, 3.05) is 19.8 Å². The first-order valence-electron chi connectivity index (χ1n) is 7.15. The number of esters is 1. The van der Waals surface area contributed by atoms with E-state index >= 15 is 0 Å². The highest BCUT2D eigenvalue weighted by molar-refractivity contribution is 5.81. The van der Waals surface area contributed by atoms with Gasteiger partial charge in [-0.3, -0.25) is 4.79 Å². The Labute approximate surface area is 110 Å². The molecular formula is C14H27NO3. The Morgan fingerprint density at radius 1 is 1.33 bits per heavy atom. The zero-order valence-corrected chi connectivity index (χ0v) is 11.7. The second-order valence-electron chi connectivity index (χ2n) is 5.29. The number of nitrogens with two attached hydrogens (primary N) is 1. The first kappa shape index (κ1) is 15.4. The SMILES string of the molecule is CCCCOCCOC(=O)C1(N)CCCCC1C. The molecule has 0 aromatic carbocycles. The maximum atomic E-state index is 12.0. The first-order chi connectivity index (χ1) is 8.61. The predicted molar refractivity (Wildman–Crippen MR) is 71.2 cm³/mol. The maximum Gasteiger partial charge on any atom is 0.326 e. The van der Waals surface area contributed by atoms with E-state index in [2.05, 4.69) is 6.92 Å². The average Bonchev–Trinajstić information content (AvgIpc) is 2.37. The van der Waals surface area contributed by atoms with Crippen LogP contribution in [0.2, 0.25) is 0 Å². The molecule has 4 nitrogen and oxygen atoms in total. The van der Waals surface area contributed by atoms with Gasteiger partial charge in [0.15, 0.2) is 0 Å². The number of hydrogen-bond acceptors (Lipinski definition) is 4. The van der Waals surface area contributed by atoms with Crippen molar-refractivity contribution in [3.05, 3.63) is 0 Å². The Morgan fingerprint density at radius 3 is 2.78 bits per heavy atom. The van der Waals surface area contributed by atoms with E-state index in [1.165, 1.54) is 0 Å². The van der Waals surface area contributed by atoms with Crippen LogP contribution in [0.4, 0.5) is 0 Å².